The zero-order valence-corrected chi connectivity index (χ0v) is 21.0. The van der Waals surface area contributed by atoms with Crippen molar-refractivity contribution in [1.29, 1.82) is 0 Å². The molecule has 2 aromatic carbocycles. The van der Waals surface area contributed by atoms with Gasteiger partial charge in [-0.05, 0) is 62.9 Å². The van der Waals surface area contributed by atoms with Crippen molar-refractivity contribution in [2.24, 2.45) is 0 Å². The van der Waals surface area contributed by atoms with Crippen LogP contribution in [0.5, 0.6) is 11.5 Å². The maximum absolute atomic E-state index is 13.4. The summed E-state index contributed by atoms with van der Waals surface area (Å²) in [5.41, 5.74) is 6.26. The van der Waals surface area contributed by atoms with Crippen LogP contribution in [0.4, 0.5) is 11.6 Å². The van der Waals surface area contributed by atoms with Gasteiger partial charge >= 0.3 is 0 Å². The van der Waals surface area contributed by atoms with Gasteiger partial charge in [-0.1, -0.05) is 30.7 Å². The fraction of sp³-hybridized carbons (Fsp3) is 0.407. The molecule has 0 unspecified atom stereocenters. The van der Waals surface area contributed by atoms with E-state index in [1.165, 1.54) is 11.1 Å². The van der Waals surface area contributed by atoms with Gasteiger partial charge in [0.25, 0.3) is 5.56 Å². The normalized spacial score (nSPS) is 13.6. The molecule has 2 heterocycles. The van der Waals surface area contributed by atoms with E-state index in [0.29, 0.717) is 25.7 Å². The number of fused-ring (bicyclic) bond motifs is 1. The summed E-state index contributed by atoms with van der Waals surface area (Å²) in [6.45, 7) is 10.1. The largest absolute Gasteiger partial charge is 0.493 e. The number of rotatable bonds is 7. The summed E-state index contributed by atoms with van der Waals surface area (Å²) >= 11 is 0. The van der Waals surface area contributed by atoms with Gasteiger partial charge in [-0.15, -0.1) is 0 Å². The van der Waals surface area contributed by atoms with E-state index in [9.17, 15) is 4.79 Å². The lowest BCUT2D eigenvalue weighted by Gasteiger charge is -2.39. The topological polar surface area (TPSA) is 59.8 Å². The van der Waals surface area contributed by atoms with Crippen molar-refractivity contribution in [3.63, 3.8) is 0 Å². The molecule has 1 aliphatic rings. The number of methoxy groups -OCH3 is 2. The predicted octanol–water partition coefficient (Wildman–Crippen LogP) is 4.36. The average Bonchev–Trinajstić information content (AvgIpc) is 2.83. The van der Waals surface area contributed by atoms with Crippen molar-refractivity contribution in [2.75, 3.05) is 32.3 Å². The number of ether oxygens (including phenoxy) is 2. The van der Waals surface area contributed by atoms with Crippen molar-refractivity contribution in [3.05, 3.63) is 74.7 Å². The third-order valence-corrected chi connectivity index (χ3v) is 6.53. The summed E-state index contributed by atoms with van der Waals surface area (Å²) in [5, 5.41) is 0. The molecule has 0 spiro atoms. The molecule has 7 heteroatoms. The van der Waals surface area contributed by atoms with Gasteiger partial charge in [0.1, 0.15) is 0 Å². The van der Waals surface area contributed by atoms with Crippen molar-refractivity contribution in [2.45, 2.75) is 47.2 Å². The Balaban J connectivity index is 1.68. The van der Waals surface area contributed by atoms with E-state index >= 15 is 0 Å². The molecule has 0 N–H and O–H groups in total. The number of aryl methyl sites for hydroxylation is 3. The van der Waals surface area contributed by atoms with Gasteiger partial charge in [0, 0.05) is 23.5 Å². The molecule has 0 saturated heterocycles. The lowest BCUT2D eigenvalue weighted by molar-refractivity contribution is 0.200. The second-order valence-electron chi connectivity index (χ2n) is 8.90. The highest BCUT2D eigenvalue weighted by atomic mass is 16.5. The van der Waals surface area contributed by atoms with E-state index in [1.807, 2.05) is 30.5 Å². The number of nitrogens with zero attached hydrogens (tertiary/aromatic N) is 4. The maximum atomic E-state index is 13.4. The van der Waals surface area contributed by atoms with E-state index in [1.54, 1.807) is 14.2 Å². The maximum Gasteiger partial charge on any atom is 0.259 e. The molecule has 3 aromatic rings. The highest BCUT2D eigenvalue weighted by Gasteiger charge is 2.28. The van der Waals surface area contributed by atoms with Crippen LogP contribution in [-0.4, -0.2) is 41.9 Å². The summed E-state index contributed by atoms with van der Waals surface area (Å²) in [4.78, 5) is 22.7. The minimum absolute atomic E-state index is 0.0515. The smallest absolute Gasteiger partial charge is 0.259 e. The molecule has 0 radical (unpaired) electrons. The van der Waals surface area contributed by atoms with Gasteiger partial charge in [0.05, 0.1) is 27.6 Å². The van der Waals surface area contributed by atoms with Gasteiger partial charge in [0.15, 0.2) is 11.5 Å². The zero-order valence-electron chi connectivity index (χ0n) is 21.0. The molecule has 0 fully saturated rings. The highest BCUT2D eigenvalue weighted by molar-refractivity contribution is 5.63. The van der Waals surface area contributed by atoms with Crippen LogP contribution in [0, 0.1) is 20.8 Å². The lowest BCUT2D eigenvalue weighted by Crippen LogP contribution is -2.48. The average molecular weight is 463 g/mol. The van der Waals surface area contributed by atoms with Crippen LogP contribution < -0.4 is 19.9 Å². The standard InChI is InChI=1S/C27H34N4O3/c1-7-22-20(4)28-27-30(23-10-8-18(2)14-19(23)3)16-29(17-31(27)26(22)32)13-12-21-9-11-24(33-5)25(15-21)34-6/h8-11,14-15H,7,12-13,16-17H2,1-6H3. The van der Waals surface area contributed by atoms with Crippen LogP contribution in [0.3, 0.4) is 0 Å². The van der Waals surface area contributed by atoms with Crippen molar-refractivity contribution >= 4 is 11.6 Å². The molecule has 0 amide bonds. The monoisotopic (exact) mass is 462 g/mol. The van der Waals surface area contributed by atoms with E-state index in [-0.39, 0.29) is 5.56 Å². The highest BCUT2D eigenvalue weighted by Crippen LogP contribution is 2.31. The summed E-state index contributed by atoms with van der Waals surface area (Å²) in [6.07, 6.45) is 1.50. The second kappa shape index (κ2) is 9.89. The summed E-state index contributed by atoms with van der Waals surface area (Å²) < 4.78 is 12.7. The molecule has 1 aliphatic heterocycles. The van der Waals surface area contributed by atoms with Gasteiger partial charge < -0.3 is 9.47 Å². The number of anilines is 2. The number of hydrogen-bond donors (Lipinski definition) is 0. The Bertz CT molecular complexity index is 1250. The zero-order chi connectivity index (χ0) is 24.4. The first-order chi connectivity index (χ1) is 16.4. The molecule has 180 valence electrons. The molecule has 0 aliphatic carbocycles. The van der Waals surface area contributed by atoms with Crippen LogP contribution >= 0.6 is 0 Å². The van der Waals surface area contributed by atoms with Crippen LogP contribution in [0.2, 0.25) is 0 Å². The SMILES string of the molecule is CCc1c(C)nc2n(c1=O)CN(CCc1ccc(OC)c(OC)c1)CN2c1ccc(C)cc1C. The first-order valence-corrected chi connectivity index (χ1v) is 11.7. The molecule has 34 heavy (non-hydrogen) atoms. The Morgan fingerprint density at radius 2 is 1.74 bits per heavy atom. The molecular weight excluding hydrogens is 428 g/mol. The summed E-state index contributed by atoms with van der Waals surface area (Å²) in [6, 6.07) is 12.4. The minimum atomic E-state index is 0.0515. The second-order valence-corrected chi connectivity index (χ2v) is 8.90. The predicted molar refractivity (Wildman–Crippen MR) is 135 cm³/mol. The first kappa shape index (κ1) is 23.8. The van der Waals surface area contributed by atoms with E-state index in [2.05, 4.69) is 47.9 Å². The summed E-state index contributed by atoms with van der Waals surface area (Å²) in [5.74, 6) is 2.16. The fourth-order valence-corrected chi connectivity index (χ4v) is 4.69. The van der Waals surface area contributed by atoms with Gasteiger partial charge in [-0.2, -0.15) is 0 Å². The van der Waals surface area contributed by atoms with E-state index in [0.717, 1.165) is 47.0 Å². The minimum Gasteiger partial charge on any atom is -0.493 e. The Hall–Kier alpha value is -3.32. The Morgan fingerprint density at radius 3 is 2.41 bits per heavy atom. The molecule has 0 bridgehead atoms. The van der Waals surface area contributed by atoms with Crippen LogP contribution in [0.25, 0.3) is 0 Å². The number of aromatic nitrogens is 2. The Kier molecular flexibility index (Phi) is 6.93. The van der Waals surface area contributed by atoms with Gasteiger partial charge in [0.2, 0.25) is 5.95 Å². The Morgan fingerprint density at radius 1 is 0.971 bits per heavy atom. The fourth-order valence-electron chi connectivity index (χ4n) is 4.69. The quantitative estimate of drug-likeness (QED) is 0.520. The number of benzene rings is 2. The van der Waals surface area contributed by atoms with Crippen LogP contribution in [-0.2, 0) is 19.5 Å². The number of hydrogen-bond acceptors (Lipinski definition) is 6. The molecule has 0 saturated carbocycles. The third-order valence-electron chi connectivity index (χ3n) is 6.53. The van der Waals surface area contributed by atoms with Crippen LogP contribution in [0.15, 0.2) is 41.2 Å². The van der Waals surface area contributed by atoms with Crippen molar-refractivity contribution in [3.8, 4) is 11.5 Å². The third kappa shape index (κ3) is 4.53. The molecular formula is C27H34N4O3. The Labute approximate surface area is 201 Å². The van der Waals surface area contributed by atoms with E-state index < -0.39 is 0 Å². The molecule has 1 aromatic heterocycles. The molecule has 0 atom stereocenters. The lowest BCUT2D eigenvalue weighted by atomic mass is 10.1. The van der Waals surface area contributed by atoms with Crippen LogP contribution in [0.1, 0.15) is 34.9 Å². The van der Waals surface area contributed by atoms with Gasteiger partial charge in [-0.25, -0.2) is 4.98 Å². The summed E-state index contributed by atoms with van der Waals surface area (Å²) in [7, 11) is 3.29. The molecule has 7 nitrogen and oxygen atoms in total. The van der Waals surface area contributed by atoms with Crippen molar-refractivity contribution < 1.29 is 9.47 Å². The molecule has 4 rings (SSSR count). The van der Waals surface area contributed by atoms with Gasteiger partial charge in [-0.3, -0.25) is 19.2 Å². The first-order valence-electron chi connectivity index (χ1n) is 11.7. The van der Waals surface area contributed by atoms with E-state index in [4.69, 9.17) is 14.5 Å². The van der Waals surface area contributed by atoms with Crippen molar-refractivity contribution in [1.82, 2.24) is 14.5 Å².